The van der Waals surface area contributed by atoms with Gasteiger partial charge in [-0.1, -0.05) is 23.2 Å². The van der Waals surface area contributed by atoms with Crippen LogP contribution in [-0.2, 0) is 0 Å². The van der Waals surface area contributed by atoms with Gasteiger partial charge in [0.1, 0.15) is 0 Å². The van der Waals surface area contributed by atoms with Crippen molar-refractivity contribution in [3.63, 3.8) is 0 Å². The van der Waals surface area contributed by atoms with Crippen LogP contribution in [0.15, 0.2) is 18.2 Å². The van der Waals surface area contributed by atoms with Crippen molar-refractivity contribution in [2.45, 2.75) is 0 Å². The molecule has 1 aromatic carbocycles. The molecule has 0 aliphatic heterocycles. The van der Waals surface area contributed by atoms with Crippen molar-refractivity contribution in [2.24, 2.45) is 0 Å². The molecule has 0 atom stereocenters. The first-order chi connectivity index (χ1) is 5.20. The average Bonchev–Trinajstić information content (AvgIpc) is 1.88. The molecule has 0 aliphatic carbocycles. The Balaban J connectivity index is 0.000000292. The van der Waals surface area contributed by atoms with Gasteiger partial charge in [-0.25, -0.2) is 0 Å². The van der Waals surface area contributed by atoms with Crippen molar-refractivity contribution in [3.05, 3.63) is 34.3 Å². The van der Waals surface area contributed by atoms with Crippen LogP contribution >= 0.6 is 49.0 Å². The minimum Gasteiger partial charge on any atom is -0.280 e. The van der Waals surface area contributed by atoms with Gasteiger partial charge in [-0.05, 0) is 24.3 Å². The van der Waals surface area contributed by atoms with E-state index >= 15 is 0 Å². The van der Waals surface area contributed by atoms with E-state index in [9.17, 15) is 0 Å². The maximum absolute atomic E-state index is 5.53. The van der Waals surface area contributed by atoms with Crippen molar-refractivity contribution >= 4 is 65.0 Å². The third kappa shape index (κ3) is 7.87. The third-order valence-corrected chi connectivity index (χ3v) is 1.15. The number of rotatable bonds is 0. The fraction of sp³-hybridized carbons (Fsp3) is 0. The van der Waals surface area contributed by atoms with E-state index in [0.717, 1.165) is 0 Å². The van der Waals surface area contributed by atoms with E-state index in [4.69, 9.17) is 23.2 Å². The molecular weight excluding hydrogens is 327 g/mol. The standard InChI is InChI=1S/C6H3Cl2.2BrH.Mg/c7-5-2-1-3-6(8)4-5;;;/h2-4H;2*1H;/q;;;+2/p-2. The quantitative estimate of drug-likeness (QED) is 0.628. The van der Waals surface area contributed by atoms with Crippen molar-refractivity contribution < 1.29 is 0 Å². The molecule has 11 heavy (non-hydrogen) atoms. The molecule has 0 saturated heterocycles. The Morgan fingerprint density at radius 3 is 1.73 bits per heavy atom. The van der Waals surface area contributed by atoms with E-state index in [-0.39, 0.29) is 16.0 Å². The highest BCUT2D eigenvalue weighted by Crippen LogP contribution is 2.13. The van der Waals surface area contributed by atoms with Crippen LogP contribution in [-0.4, -0.2) is 16.0 Å². The Morgan fingerprint density at radius 1 is 1.18 bits per heavy atom. The molecule has 5 heteroatoms. The van der Waals surface area contributed by atoms with Gasteiger partial charge in [0.05, 0.1) is 0 Å². The van der Waals surface area contributed by atoms with Gasteiger partial charge >= 0.3 is 16.0 Å². The fourth-order valence-corrected chi connectivity index (χ4v) is 0.833. The molecule has 0 amide bonds. The lowest BCUT2D eigenvalue weighted by molar-refractivity contribution is 1.69. The predicted octanol–water partition coefficient (Wildman–Crippen LogP) is 4.10. The molecule has 0 spiro atoms. The molecule has 1 aromatic rings. The van der Waals surface area contributed by atoms with Gasteiger partial charge in [0.25, 0.3) is 0 Å². The first kappa shape index (κ1) is 12.5. The van der Waals surface area contributed by atoms with Crippen molar-refractivity contribution in [1.82, 2.24) is 0 Å². The van der Waals surface area contributed by atoms with Crippen molar-refractivity contribution in [3.8, 4) is 0 Å². The van der Waals surface area contributed by atoms with Gasteiger partial charge < -0.3 is 0 Å². The summed E-state index contributed by atoms with van der Waals surface area (Å²) >= 11 is 17.5. The Bertz CT molecular complexity index is 190. The summed E-state index contributed by atoms with van der Waals surface area (Å²) < 4.78 is 0. The number of hydrogen-bond donors (Lipinski definition) is 0. The molecule has 1 radical (unpaired) electrons. The molecule has 0 heterocycles. The second kappa shape index (κ2) is 8.14. The van der Waals surface area contributed by atoms with E-state index in [1.54, 1.807) is 18.2 Å². The Morgan fingerprint density at radius 2 is 1.55 bits per heavy atom. The minimum atomic E-state index is 0.0417. The molecule has 0 fully saturated rings. The van der Waals surface area contributed by atoms with E-state index < -0.39 is 0 Å². The van der Waals surface area contributed by atoms with Crippen molar-refractivity contribution in [2.75, 3.05) is 0 Å². The summed E-state index contributed by atoms with van der Waals surface area (Å²) in [6.07, 6.45) is 0. The topological polar surface area (TPSA) is 0 Å². The van der Waals surface area contributed by atoms with Crippen molar-refractivity contribution in [1.29, 1.82) is 0 Å². The molecule has 0 nitrogen and oxygen atoms in total. The summed E-state index contributed by atoms with van der Waals surface area (Å²) in [7, 11) is 0. The minimum absolute atomic E-state index is 0.0417. The molecular formula is C6H3Br2Cl2Mg. The highest BCUT2D eigenvalue weighted by atomic mass is 79.9. The largest absolute Gasteiger partial charge is 0.560 e. The normalized spacial score (nSPS) is 7.64. The zero-order valence-electron chi connectivity index (χ0n) is 5.45. The summed E-state index contributed by atoms with van der Waals surface area (Å²) in [4.78, 5) is 0. The maximum atomic E-state index is 5.53. The molecule has 0 bridgehead atoms. The summed E-state index contributed by atoms with van der Waals surface area (Å²) in [5, 5.41) is 1.25. The molecule has 0 saturated carbocycles. The van der Waals surface area contributed by atoms with E-state index in [0.29, 0.717) is 10.0 Å². The van der Waals surface area contributed by atoms with Crippen LogP contribution in [0.25, 0.3) is 0 Å². The highest BCUT2D eigenvalue weighted by Gasteiger charge is 1.85. The maximum Gasteiger partial charge on any atom is 0.560 e. The van der Waals surface area contributed by atoms with E-state index in [1.807, 2.05) is 0 Å². The molecule has 0 unspecified atom stereocenters. The zero-order chi connectivity index (χ0) is 8.69. The Hall–Kier alpha value is 1.53. The van der Waals surface area contributed by atoms with Crippen LogP contribution in [0.5, 0.6) is 0 Å². The second-order valence-corrected chi connectivity index (χ2v) is 10.4. The van der Waals surface area contributed by atoms with Crippen LogP contribution in [0.2, 0.25) is 10.0 Å². The second-order valence-electron chi connectivity index (χ2n) is 1.47. The van der Waals surface area contributed by atoms with Crippen LogP contribution in [0.3, 0.4) is 0 Å². The monoisotopic (exact) mass is 327 g/mol. The Labute approximate surface area is 98.1 Å². The fourth-order valence-electron chi connectivity index (χ4n) is 0.416. The number of halogens is 4. The van der Waals surface area contributed by atoms with E-state index in [1.165, 1.54) is 0 Å². The SMILES string of the molecule is Clc1c[c]cc(Cl)c1.[Br][Mg][Br]. The molecule has 57 valence electrons. The van der Waals surface area contributed by atoms with Crippen LogP contribution in [0, 0.1) is 6.07 Å². The van der Waals surface area contributed by atoms with Gasteiger partial charge in [-0.2, -0.15) is 0 Å². The van der Waals surface area contributed by atoms with Gasteiger partial charge in [-0.3, -0.25) is 25.8 Å². The molecule has 0 aliphatic rings. The predicted molar refractivity (Wildman–Crippen MR) is 58.9 cm³/mol. The molecule has 0 N–H and O–H groups in total. The van der Waals surface area contributed by atoms with Gasteiger partial charge in [0.15, 0.2) is 0 Å². The first-order valence-electron chi connectivity index (χ1n) is 2.64. The zero-order valence-corrected chi connectivity index (χ0v) is 11.5. The van der Waals surface area contributed by atoms with Gasteiger partial charge in [0, 0.05) is 10.0 Å². The highest BCUT2D eigenvalue weighted by molar-refractivity contribution is 9.47. The van der Waals surface area contributed by atoms with Gasteiger partial charge in [0.2, 0.25) is 0 Å². The summed E-state index contributed by atoms with van der Waals surface area (Å²) in [6, 6.07) is 7.75. The molecule has 0 aromatic heterocycles. The lowest BCUT2D eigenvalue weighted by atomic mass is 10.4. The third-order valence-electron chi connectivity index (χ3n) is 0.718. The number of benzene rings is 1. The lowest BCUT2D eigenvalue weighted by Crippen LogP contribution is -1.61. The smallest absolute Gasteiger partial charge is 0.280 e. The number of hydrogen-bond acceptors (Lipinski definition) is 0. The lowest BCUT2D eigenvalue weighted by Gasteiger charge is -1.86. The summed E-state index contributed by atoms with van der Waals surface area (Å²) in [6.45, 7) is 0. The molecule has 1 rings (SSSR count). The Kier molecular flexibility index (Phi) is 9.27. The van der Waals surface area contributed by atoms with Crippen LogP contribution < -0.4 is 0 Å². The summed E-state index contributed by atoms with van der Waals surface area (Å²) in [5.41, 5.74) is 0. The van der Waals surface area contributed by atoms with Gasteiger partial charge in [-0.15, -0.1) is 0 Å². The summed E-state index contributed by atoms with van der Waals surface area (Å²) in [5.74, 6) is 0. The average molecular weight is 330 g/mol. The van der Waals surface area contributed by atoms with Crippen LogP contribution in [0.4, 0.5) is 0 Å². The van der Waals surface area contributed by atoms with E-state index in [2.05, 4.69) is 31.8 Å². The first-order valence-corrected chi connectivity index (χ1v) is 11.2. The van der Waals surface area contributed by atoms with Crippen LogP contribution in [0.1, 0.15) is 0 Å².